The lowest BCUT2D eigenvalue weighted by atomic mass is 10.1. The SMILES string of the molecule is CC(C)CCCNC1CCc2c(O)cccc21. The van der Waals surface area contributed by atoms with Crippen molar-refractivity contribution in [3.8, 4) is 5.75 Å². The fourth-order valence-corrected chi connectivity index (χ4v) is 2.63. The van der Waals surface area contributed by atoms with Crippen molar-refractivity contribution in [2.45, 2.75) is 45.6 Å². The summed E-state index contributed by atoms with van der Waals surface area (Å²) in [4.78, 5) is 0. The van der Waals surface area contributed by atoms with Crippen LogP contribution in [0.15, 0.2) is 18.2 Å². The first-order valence-corrected chi connectivity index (χ1v) is 6.72. The highest BCUT2D eigenvalue weighted by Gasteiger charge is 2.23. The van der Waals surface area contributed by atoms with Crippen molar-refractivity contribution in [1.29, 1.82) is 0 Å². The summed E-state index contributed by atoms with van der Waals surface area (Å²) in [6.45, 7) is 5.61. The molecule has 0 spiro atoms. The Labute approximate surface area is 104 Å². The van der Waals surface area contributed by atoms with Crippen molar-refractivity contribution in [3.05, 3.63) is 29.3 Å². The van der Waals surface area contributed by atoms with Gasteiger partial charge in [0.1, 0.15) is 5.75 Å². The van der Waals surface area contributed by atoms with Crippen LogP contribution in [0.25, 0.3) is 0 Å². The molecule has 0 fully saturated rings. The summed E-state index contributed by atoms with van der Waals surface area (Å²) >= 11 is 0. The van der Waals surface area contributed by atoms with Gasteiger partial charge in [0.25, 0.3) is 0 Å². The number of benzene rings is 1. The van der Waals surface area contributed by atoms with Crippen LogP contribution in [0.4, 0.5) is 0 Å². The van der Waals surface area contributed by atoms with E-state index < -0.39 is 0 Å². The molecule has 2 heteroatoms. The van der Waals surface area contributed by atoms with E-state index in [4.69, 9.17) is 0 Å². The first-order chi connectivity index (χ1) is 8.18. The highest BCUT2D eigenvalue weighted by atomic mass is 16.3. The Kier molecular flexibility index (Phi) is 4.06. The molecule has 0 saturated heterocycles. The first kappa shape index (κ1) is 12.4. The van der Waals surface area contributed by atoms with Crippen LogP contribution in [0, 0.1) is 5.92 Å². The predicted molar refractivity (Wildman–Crippen MR) is 71.2 cm³/mol. The predicted octanol–water partition coefficient (Wildman–Crippen LogP) is 3.41. The van der Waals surface area contributed by atoms with Crippen LogP contribution in [-0.2, 0) is 6.42 Å². The van der Waals surface area contributed by atoms with Crippen molar-refractivity contribution < 1.29 is 5.11 Å². The van der Waals surface area contributed by atoms with Crippen LogP contribution in [0.2, 0.25) is 0 Å². The van der Waals surface area contributed by atoms with E-state index in [2.05, 4.69) is 25.2 Å². The van der Waals surface area contributed by atoms with Gasteiger partial charge in [0, 0.05) is 6.04 Å². The van der Waals surface area contributed by atoms with Crippen molar-refractivity contribution in [1.82, 2.24) is 5.32 Å². The van der Waals surface area contributed by atoms with E-state index in [0.717, 1.165) is 30.9 Å². The van der Waals surface area contributed by atoms with Gasteiger partial charge in [0.05, 0.1) is 0 Å². The number of nitrogens with one attached hydrogen (secondary N) is 1. The molecule has 1 aromatic rings. The lowest BCUT2D eigenvalue weighted by Gasteiger charge is -2.14. The fourth-order valence-electron chi connectivity index (χ4n) is 2.63. The summed E-state index contributed by atoms with van der Waals surface area (Å²) < 4.78 is 0. The Morgan fingerprint density at radius 2 is 2.24 bits per heavy atom. The van der Waals surface area contributed by atoms with Crippen molar-refractivity contribution >= 4 is 0 Å². The maximum atomic E-state index is 9.77. The summed E-state index contributed by atoms with van der Waals surface area (Å²) in [5.74, 6) is 1.26. The van der Waals surface area contributed by atoms with Gasteiger partial charge in [-0.1, -0.05) is 26.0 Å². The molecule has 0 heterocycles. The minimum absolute atomic E-state index is 0.448. The van der Waals surface area contributed by atoms with E-state index in [1.807, 2.05) is 6.07 Å². The zero-order valence-electron chi connectivity index (χ0n) is 10.9. The molecule has 1 aliphatic rings. The number of hydrogen-bond donors (Lipinski definition) is 2. The van der Waals surface area contributed by atoms with E-state index in [0.29, 0.717) is 11.8 Å². The zero-order chi connectivity index (χ0) is 12.3. The molecule has 1 aliphatic carbocycles. The minimum atomic E-state index is 0.448. The lowest BCUT2D eigenvalue weighted by Crippen LogP contribution is -2.20. The largest absolute Gasteiger partial charge is 0.508 e. The van der Waals surface area contributed by atoms with Crippen molar-refractivity contribution in [2.24, 2.45) is 5.92 Å². The van der Waals surface area contributed by atoms with Gasteiger partial charge in [0.2, 0.25) is 0 Å². The Bertz CT molecular complexity index is 373. The van der Waals surface area contributed by atoms with Crippen LogP contribution in [0.5, 0.6) is 5.75 Å². The van der Waals surface area contributed by atoms with Crippen LogP contribution >= 0.6 is 0 Å². The zero-order valence-corrected chi connectivity index (χ0v) is 10.9. The average molecular weight is 233 g/mol. The average Bonchev–Trinajstić information content (AvgIpc) is 2.69. The van der Waals surface area contributed by atoms with E-state index in [9.17, 15) is 5.11 Å². The minimum Gasteiger partial charge on any atom is -0.508 e. The molecule has 2 nitrogen and oxygen atoms in total. The van der Waals surface area contributed by atoms with Gasteiger partial charge in [-0.25, -0.2) is 0 Å². The monoisotopic (exact) mass is 233 g/mol. The Morgan fingerprint density at radius 3 is 3.00 bits per heavy atom. The van der Waals surface area contributed by atoms with E-state index in [-0.39, 0.29) is 0 Å². The molecule has 1 aromatic carbocycles. The Balaban J connectivity index is 1.87. The molecule has 2 N–H and O–H groups in total. The lowest BCUT2D eigenvalue weighted by molar-refractivity contribution is 0.469. The number of phenols is 1. The molecule has 0 aromatic heterocycles. The van der Waals surface area contributed by atoms with Crippen LogP contribution in [0.3, 0.4) is 0 Å². The maximum absolute atomic E-state index is 9.77. The standard InChI is InChI=1S/C15H23NO/c1-11(2)5-4-10-16-14-9-8-13-12(14)6-3-7-15(13)17/h3,6-7,11,14,16-17H,4-5,8-10H2,1-2H3. The third kappa shape index (κ3) is 3.01. The van der Waals surface area contributed by atoms with Gasteiger partial charge >= 0.3 is 0 Å². The van der Waals surface area contributed by atoms with Gasteiger partial charge in [0.15, 0.2) is 0 Å². The van der Waals surface area contributed by atoms with E-state index in [1.165, 1.54) is 18.4 Å². The van der Waals surface area contributed by atoms with Gasteiger partial charge in [-0.3, -0.25) is 0 Å². The second-order valence-electron chi connectivity index (χ2n) is 5.43. The molecule has 0 amide bonds. The van der Waals surface area contributed by atoms with Crippen molar-refractivity contribution in [2.75, 3.05) is 6.54 Å². The van der Waals surface area contributed by atoms with Crippen LogP contribution < -0.4 is 5.32 Å². The summed E-state index contributed by atoms with van der Waals surface area (Å²) in [6.07, 6.45) is 4.65. The van der Waals surface area contributed by atoms with Crippen LogP contribution in [-0.4, -0.2) is 11.7 Å². The highest BCUT2D eigenvalue weighted by Crippen LogP contribution is 2.36. The van der Waals surface area contributed by atoms with E-state index >= 15 is 0 Å². The van der Waals surface area contributed by atoms with Crippen molar-refractivity contribution in [3.63, 3.8) is 0 Å². The molecule has 94 valence electrons. The fraction of sp³-hybridized carbons (Fsp3) is 0.600. The maximum Gasteiger partial charge on any atom is 0.119 e. The highest BCUT2D eigenvalue weighted by molar-refractivity contribution is 5.44. The second-order valence-corrected chi connectivity index (χ2v) is 5.43. The van der Waals surface area contributed by atoms with Gasteiger partial charge < -0.3 is 10.4 Å². The topological polar surface area (TPSA) is 32.3 Å². The van der Waals surface area contributed by atoms with Crippen LogP contribution in [0.1, 0.15) is 50.3 Å². The van der Waals surface area contributed by atoms with E-state index in [1.54, 1.807) is 6.07 Å². The molecular formula is C15H23NO. The first-order valence-electron chi connectivity index (χ1n) is 6.72. The molecule has 1 unspecified atom stereocenters. The normalized spacial score (nSPS) is 18.6. The molecule has 0 radical (unpaired) electrons. The summed E-state index contributed by atoms with van der Waals surface area (Å²) in [5.41, 5.74) is 2.45. The number of phenolic OH excluding ortho intramolecular Hbond substituents is 1. The van der Waals surface area contributed by atoms with Gasteiger partial charge in [-0.2, -0.15) is 0 Å². The third-order valence-electron chi connectivity index (χ3n) is 3.59. The van der Waals surface area contributed by atoms with Gasteiger partial charge in [-0.05, 0) is 55.3 Å². The smallest absolute Gasteiger partial charge is 0.119 e. The number of hydrogen-bond acceptors (Lipinski definition) is 2. The molecule has 1 atom stereocenters. The third-order valence-corrected chi connectivity index (χ3v) is 3.59. The molecule has 2 rings (SSSR count). The molecule has 0 aliphatic heterocycles. The number of rotatable bonds is 5. The molecule has 0 bridgehead atoms. The summed E-state index contributed by atoms with van der Waals surface area (Å²) in [7, 11) is 0. The number of fused-ring (bicyclic) bond motifs is 1. The molecule has 0 saturated carbocycles. The second kappa shape index (κ2) is 5.54. The summed E-state index contributed by atoms with van der Waals surface area (Å²) in [6, 6.07) is 6.33. The summed E-state index contributed by atoms with van der Waals surface area (Å²) in [5, 5.41) is 13.4. The number of aromatic hydroxyl groups is 1. The molecule has 17 heavy (non-hydrogen) atoms. The Hall–Kier alpha value is -1.02. The van der Waals surface area contributed by atoms with Gasteiger partial charge in [-0.15, -0.1) is 0 Å². The Morgan fingerprint density at radius 1 is 1.41 bits per heavy atom. The quantitative estimate of drug-likeness (QED) is 0.764. The molecular weight excluding hydrogens is 210 g/mol.